The molecule has 0 radical (unpaired) electrons. The van der Waals surface area contributed by atoms with Crippen molar-refractivity contribution in [1.82, 2.24) is 0 Å². The van der Waals surface area contributed by atoms with Crippen LogP contribution in [0.5, 0.6) is 0 Å². The van der Waals surface area contributed by atoms with E-state index in [1.807, 2.05) is 0 Å². The van der Waals surface area contributed by atoms with E-state index >= 15 is 0 Å². The van der Waals surface area contributed by atoms with Crippen LogP contribution in [-0.4, -0.2) is 8.41 Å². The molecule has 0 saturated carbocycles. The third-order valence-electron chi connectivity index (χ3n) is 1.64. The summed E-state index contributed by atoms with van der Waals surface area (Å²) in [4.78, 5) is 0. The van der Waals surface area contributed by atoms with Gasteiger partial charge in [0.1, 0.15) is 0 Å². The molecule has 0 amide bonds. The van der Waals surface area contributed by atoms with E-state index < -0.39 is 13.4 Å². The number of hydrogen-bond acceptors (Lipinski definition) is 2. The van der Waals surface area contributed by atoms with E-state index in [-0.39, 0.29) is 0 Å². The number of nitriles is 2. The standard InChI is InChI=1S/C6H9FN2Si/c1-6(4-8,5-9)10(2,3)7/h1-3H3. The van der Waals surface area contributed by atoms with Gasteiger partial charge in [0.05, 0.1) is 12.1 Å². The third kappa shape index (κ3) is 1.34. The fourth-order valence-electron chi connectivity index (χ4n) is 0.291. The van der Waals surface area contributed by atoms with Crippen LogP contribution in [0.2, 0.25) is 18.1 Å². The summed E-state index contributed by atoms with van der Waals surface area (Å²) in [6.07, 6.45) is 0. The highest BCUT2D eigenvalue weighted by molar-refractivity contribution is 6.75. The molecule has 0 aliphatic rings. The Morgan fingerprint density at radius 1 is 1.30 bits per heavy atom. The number of halogens is 1. The highest BCUT2D eigenvalue weighted by Crippen LogP contribution is 2.36. The van der Waals surface area contributed by atoms with Crippen molar-refractivity contribution in [2.75, 3.05) is 0 Å². The Morgan fingerprint density at radius 2 is 1.60 bits per heavy atom. The average molecular weight is 156 g/mol. The maximum absolute atomic E-state index is 13.1. The molecule has 0 aliphatic carbocycles. The highest BCUT2D eigenvalue weighted by Gasteiger charge is 2.45. The third-order valence-corrected chi connectivity index (χ3v) is 4.24. The predicted molar refractivity (Wildman–Crippen MR) is 38.2 cm³/mol. The monoisotopic (exact) mass is 156 g/mol. The van der Waals surface area contributed by atoms with E-state index in [4.69, 9.17) is 10.5 Å². The van der Waals surface area contributed by atoms with Gasteiger partial charge in [0.15, 0.2) is 5.04 Å². The van der Waals surface area contributed by atoms with Crippen molar-refractivity contribution in [1.29, 1.82) is 10.5 Å². The molecule has 0 rings (SSSR count). The van der Waals surface area contributed by atoms with Gasteiger partial charge in [0.2, 0.25) is 0 Å². The quantitative estimate of drug-likeness (QED) is 0.430. The van der Waals surface area contributed by atoms with E-state index in [1.54, 1.807) is 12.1 Å². The van der Waals surface area contributed by atoms with E-state index in [2.05, 4.69) is 0 Å². The molecule has 4 heteroatoms. The molecule has 0 aromatic heterocycles. The summed E-state index contributed by atoms with van der Waals surface area (Å²) in [6, 6.07) is 3.39. The Hall–Kier alpha value is -0.873. The molecule has 0 N–H and O–H groups in total. The number of nitrogens with zero attached hydrogens (tertiary/aromatic N) is 2. The van der Waals surface area contributed by atoms with Crippen LogP contribution in [0.4, 0.5) is 4.11 Å². The minimum Gasteiger partial charge on any atom is -0.312 e. The van der Waals surface area contributed by atoms with Crippen LogP contribution >= 0.6 is 0 Å². The van der Waals surface area contributed by atoms with Gasteiger partial charge in [-0.05, 0) is 20.0 Å². The molecule has 0 aromatic rings. The largest absolute Gasteiger partial charge is 0.312 e. The maximum Gasteiger partial charge on any atom is 0.275 e. The van der Waals surface area contributed by atoms with Crippen LogP contribution in [0.25, 0.3) is 0 Å². The van der Waals surface area contributed by atoms with Gasteiger partial charge in [-0.1, -0.05) is 0 Å². The van der Waals surface area contributed by atoms with Gasteiger partial charge in [-0.3, -0.25) is 0 Å². The van der Waals surface area contributed by atoms with Crippen molar-refractivity contribution in [2.24, 2.45) is 0 Å². The van der Waals surface area contributed by atoms with Crippen LogP contribution in [0.15, 0.2) is 0 Å². The molecule has 0 saturated heterocycles. The number of rotatable bonds is 1. The lowest BCUT2D eigenvalue weighted by atomic mass is 10.2. The Morgan fingerprint density at radius 3 is 1.60 bits per heavy atom. The van der Waals surface area contributed by atoms with Gasteiger partial charge in [-0.2, -0.15) is 10.5 Å². The van der Waals surface area contributed by atoms with Crippen LogP contribution in [0, 0.1) is 22.7 Å². The van der Waals surface area contributed by atoms with Gasteiger partial charge in [0.25, 0.3) is 8.41 Å². The molecule has 54 valence electrons. The zero-order chi connectivity index (χ0) is 8.41. The topological polar surface area (TPSA) is 47.6 Å². The van der Waals surface area contributed by atoms with Crippen LogP contribution < -0.4 is 0 Å². The van der Waals surface area contributed by atoms with Crippen LogP contribution in [0.1, 0.15) is 6.92 Å². The van der Waals surface area contributed by atoms with Crippen molar-refractivity contribution in [3.63, 3.8) is 0 Å². The average Bonchev–Trinajstić information content (AvgIpc) is 1.84. The first kappa shape index (κ1) is 9.13. The summed E-state index contributed by atoms with van der Waals surface area (Å²) in [5, 5.41) is 15.5. The Bertz CT molecular complexity index is 191. The zero-order valence-electron chi connectivity index (χ0n) is 6.27. The smallest absolute Gasteiger partial charge is 0.275 e. The fourth-order valence-corrected chi connectivity index (χ4v) is 0.823. The Labute approximate surface area is 61.1 Å². The molecule has 0 fully saturated rings. The SMILES string of the molecule is CC(C#N)(C#N)[Si](C)(C)F. The van der Waals surface area contributed by atoms with E-state index in [9.17, 15) is 4.11 Å². The first-order chi connectivity index (χ1) is 4.37. The molecular formula is C6H9FN2Si. The van der Waals surface area contributed by atoms with Crippen molar-refractivity contribution in [2.45, 2.75) is 25.1 Å². The minimum atomic E-state index is -3.13. The van der Waals surface area contributed by atoms with Crippen molar-refractivity contribution >= 4 is 8.41 Å². The lowest BCUT2D eigenvalue weighted by Crippen LogP contribution is -2.33. The van der Waals surface area contributed by atoms with Crippen LogP contribution in [-0.2, 0) is 0 Å². The van der Waals surface area contributed by atoms with E-state index in [0.717, 1.165) is 0 Å². The van der Waals surface area contributed by atoms with Crippen molar-refractivity contribution < 1.29 is 4.11 Å². The van der Waals surface area contributed by atoms with Crippen molar-refractivity contribution in [3.05, 3.63) is 0 Å². The lowest BCUT2D eigenvalue weighted by molar-refractivity contribution is 0.724. The summed E-state index contributed by atoms with van der Waals surface area (Å²) in [7, 11) is -3.13. The second kappa shape index (κ2) is 2.40. The van der Waals surface area contributed by atoms with Gasteiger partial charge in [0, 0.05) is 0 Å². The molecule has 2 nitrogen and oxygen atoms in total. The van der Waals surface area contributed by atoms with Gasteiger partial charge >= 0.3 is 0 Å². The molecule has 0 unspecified atom stereocenters. The van der Waals surface area contributed by atoms with Crippen molar-refractivity contribution in [3.8, 4) is 12.1 Å². The molecule has 0 spiro atoms. The second-order valence-corrected chi connectivity index (χ2v) is 6.77. The normalized spacial score (nSPS) is 11.8. The summed E-state index contributed by atoms with van der Waals surface area (Å²) in [5.41, 5.74) is 0. The molecule has 10 heavy (non-hydrogen) atoms. The summed E-state index contributed by atoms with van der Waals surface area (Å²) < 4.78 is 13.1. The maximum atomic E-state index is 13.1. The van der Waals surface area contributed by atoms with Gasteiger partial charge in [-0.15, -0.1) is 0 Å². The molecule has 0 atom stereocenters. The predicted octanol–water partition coefficient (Wildman–Crippen LogP) is 1.97. The molecular weight excluding hydrogens is 147 g/mol. The molecule has 0 aliphatic heterocycles. The summed E-state index contributed by atoms with van der Waals surface area (Å²) in [6.45, 7) is 4.07. The highest BCUT2D eigenvalue weighted by atomic mass is 28.4. The molecule has 0 heterocycles. The lowest BCUT2D eigenvalue weighted by Gasteiger charge is -2.21. The molecule has 0 aromatic carbocycles. The Balaban J connectivity index is 4.77. The van der Waals surface area contributed by atoms with Gasteiger partial charge < -0.3 is 4.11 Å². The zero-order valence-corrected chi connectivity index (χ0v) is 7.27. The van der Waals surface area contributed by atoms with E-state index in [0.29, 0.717) is 0 Å². The summed E-state index contributed by atoms with van der Waals surface area (Å²) >= 11 is 0. The molecule has 0 bridgehead atoms. The Kier molecular flexibility index (Phi) is 2.19. The van der Waals surface area contributed by atoms with Crippen LogP contribution in [0.3, 0.4) is 0 Å². The number of hydrogen-bond donors (Lipinski definition) is 0. The van der Waals surface area contributed by atoms with E-state index in [1.165, 1.54) is 20.0 Å². The van der Waals surface area contributed by atoms with Gasteiger partial charge in [-0.25, -0.2) is 0 Å². The summed E-state index contributed by atoms with van der Waals surface area (Å²) in [5.74, 6) is 0. The fraction of sp³-hybridized carbons (Fsp3) is 0.667. The second-order valence-electron chi connectivity index (χ2n) is 2.82. The minimum absolute atomic E-state index is 1.35. The first-order valence-electron chi connectivity index (χ1n) is 2.89. The first-order valence-corrected chi connectivity index (χ1v) is 5.76.